The summed E-state index contributed by atoms with van der Waals surface area (Å²) in [7, 11) is 0. The second kappa shape index (κ2) is 3.57. The van der Waals surface area contributed by atoms with Crippen LogP contribution in [-0.2, 0) is 0 Å². The van der Waals surface area contributed by atoms with Crippen LogP contribution in [0.15, 0.2) is 36.4 Å². The van der Waals surface area contributed by atoms with Crippen LogP contribution in [0, 0.1) is 12.1 Å². The van der Waals surface area contributed by atoms with Gasteiger partial charge in [-0.1, -0.05) is 17.7 Å². The topological polar surface area (TPSA) is 39.8 Å². The minimum Gasteiger partial charge on any atom is -0.618 e. The summed E-state index contributed by atoms with van der Waals surface area (Å²) in [6.07, 6.45) is 0. The van der Waals surface area contributed by atoms with E-state index in [0.717, 1.165) is 10.3 Å². The number of hydrogen-bond acceptors (Lipinski definition) is 2. The van der Waals surface area contributed by atoms with Crippen molar-refractivity contribution >= 4 is 33.7 Å². The van der Waals surface area contributed by atoms with Gasteiger partial charge >= 0.3 is 0 Å². The highest BCUT2D eigenvalue weighted by Crippen LogP contribution is 2.18. The van der Waals surface area contributed by atoms with Crippen LogP contribution in [0.3, 0.4) is 0 Å². The lowest BCUT2D eigenvalue weighted by Gasteiger charge is -2.05. The van der Waals surface area contributed by atoms with Gasteiger partial charge in [-0.15, -0.1) is 0 Å². The molecule has 3 nitrogen and oxygen atoms in total. The normalized spacial score (nSPS) is 11.2. The van der Waals surface area contributed by atoms with Gasteiger partial charge in [0, 0.05) is 17.2 Å². The van der Waals surface area contributed by atoms with Gasteiger partial charge in [0.1, 0.15) is 11.0 Å². The lowest BCUT2D eigenvalue weighted by Crippen LogP contribution is -2.28. The summed E-state index contributed by atoms with van der Waals surface area (Å²) >= 11 is 5.89. The second-order valence-electron chi connectivity index (χ2n) is 4.03. The maximum Gasteiger partial charge on any atom is 0.244 e. The molecule has 0 aliphatic heterocycles. The lowest BCUT2D eigenvalue weighted by molar-refractivity contribution is -0.548. The highest BCUT2D eigenvalue weighted by molar-refractivity contribution is 6.31. The monoisotopic (exact) mass is 244 g/mol. The molecule has 3 aromatic rings. The molecule has 0 unspecified atom stereocenters. The molecule has 0 N–H and O–H groups in total. The smallest absolute Gasteiger partial charge is 0.244 e. The standard InChI is InChI=1S/C13H9ClN2O/c1-8-2-4-10-12(6-8)16(17)13-7-9(14)3-5-11(13)15-10/h2-7H,1H3. The van der Waals surface area contributed by atoms with Crippen LogP contribution in [-0.4, -0.2) is 4.98 Å². The summed E-state index contributed by atoms with van der Waals surface area (Å²) in [5.74, 6) is 0. The molecular weight excluding hydrogens is 236 g/mol. The average Bonchev–Trinajstić information content (AvgIpc) is 2.32. The van der Waals surface area contributed by atoms with Crippen LogP contribution in [0.2, 0.25) is 5.02 Å². The molecule has 3 rings (SSSR count). The zero-order valence-corrected chi connectivity index (χ0v) is 9.90. The molecule has 0 bridgehead atoms. The van der Waals surface area contributed by atoms with Gasteiger partial charge < -0.3 is 5.21 Å². The summed E-state index contributed by atoms with van der Waals surface area (Å²) in [6, 6.07) is 10.8. The number of aromatic nitrogens is 2. The largest absolute Gasteiger partial charge is 0.618 e. The van der Waals surface area contributed by atoms with Crippen molar-refractivity contribution in [2.75, 3.05) is 0 Å². The van der Waals surface area contributed by atoms with Gasteiger partial charge in [0.2, 0.25) is 11.0 Å². The Morgan fingerprint density at radius 1 is 1.06 bits per heavy atom. The fraction of sp³-hybridized carbons (Fsp3) is 0.0769. The summed E-state index contributed by atoms with van der Waals surface area (Å²) in [6.45, 7) is 1.95. The van der Waals surface area contributed by atoms with Crippen molar-refractivity contribution in [3.05, 3.63) is 52.2 Å². The Morgan fingerprint density at radius 3 is 2.47 bits per heavy atom. The first kappa shape index (κ1) is 10.3. The molecular formula is C13H9ClN2O. The average molecular weight is 245 g/mol. The Hall–Kier alpha value is -1.87. The molecule has 0 amide bonds. The second-order valence-corrected chi connectivity index (χ2v) is 4.47. The first-order valence-electron chi connectivity index (χ1n) is 5.24. The predicted octanol–water partition coefficient (Wildman–Crippen LogP) is 2.98. The number of rotatable bonds is 0. The Kier molecular flexibility index (Phi) is 2.16. The molecule has 0 aliphatic carbocycles. The van der Waals surface area contributed by atoms with Crippen molar-refractivity contribution in [1.29, 1.82) is 0 Å². The predicted molar refractivity (Wildman–Crippen MR) is 68.0 cm³/mol. The minimum absolute atomic E-state index is 0.496. The molecule has 84 valence electrons. The molecule has 0 saturated heterocycles. The van der Waals surface area contributed by atoms with E-state index in [9.17, 15) is 5.21 Å². The van der Waals surface area contributed by atoms with Gasteiger partial charge in [-0.05, 0) is 30.7 Å². The van der Waals surface area contributed by atoms with Crippen LogP contribution < -0.4 is 4.73 Å². The van der Waals surface area contributed by atoms with E-state index in [0.29, 0.717) is 27.1 Å². The molecule has 17 heavy (non-hydrogen) atoms. The van der Waals surface area contributed by atoms with Gasteiger partial charge in [-0.25, -0.2) is 4.98 Å². The molecule has 0 radical (unpaired) electrons. The van der Waals surface area contributed by atoms with E-state index in [1.54, 1.807) is 18.2 Å². The van der Waals surface area contributed by atoms with Crippen LogP contribution in [0.5, 0.6) is 0 Å². The number of aryl methyl sites for hydroxylation is 1. The van der Waals surface area contributed by atoms with Gasteiger partial charge in [0.05, 0.1) is 0 Å². The van der Waals surface area contributed by atoms with Gasteiger partial charge in [-0.3, -0.25) is 0 Å². The van der Waals surface area contributed by atoms with Crippen LogP contribution in [0.25, 0.3) is 22.1 Å². The highest BCUT2D eigenvalue weighted by atomic mass is 35.5. The van der Waals surface area contributed by atoms with Crippen LogP contribution >= 0.6 is 11.6 Å². The maximum absolute atomic E-state index is 12.2. The third-order valence-electron chi connectivity index (χ3n) is 2.75. The third kappa shape index (κ3) is 1.59. The maximum atomic E-state index is 12.2. The molecule has 1 heterocycles. The Balaban J connectivity index is 2.53. The van der Waals surface area contributed by atoms with E-state index in [2.05, 4.69) is 4.98 Å². The van der Waals surface area contributed by atoms with Crippen molar-refractivity contribution in [1.82, 2.24) is 4.98 Å². The van der Waals surface area contributed by atoms with Crippen molar-refractivity contribution in [3.8, 4) is 0 Å². The third-order valence-corrected chi connectivity index (χ3v) is 2.98. The van der Waals surface area contributed by atoms with E-state index in [-0.39, 0.29) is 0 Å². The molecule has 0 saturated carbocycles. The molecule has 0 spiro atoms. The molecule has 2 aromatic carbocycles. The minimum atomic E-state index is 0.496. The summed E-state index contributed by atoms with van der Waals surface area (Å²) in [5, 5.41) is 12.7. The van der Waals surface area contributed by atoms with Crippen LogP contribution in [0.4, 0.5) is 0 Å². The Bertz CT molecular complexity index is 680. The van der Waals surface area contributed by atoms with E-state index in [4.69, 9.17) is 11.6 Å². The molecule has 0 fully saturated rings. The van der Waals surface area contributed by atoms with E-state index >= 15 is 0 Å². The van der Waals surface area contributed by atoms with Crippen molar-refractivity contribution in [2.24, 2.45) is 0 Å². The van der Waals surface area contributed by atoms with E-state index in [1.807, 2.05) is 25.1 Å². The zero-order chi connectivity index (χ0) is 12.0. The number of hydrogen-bond donors (Lipinski definition) is 0. The SMILES string of the molecule is Cc1ccc2nc3ccc(Cl)cc3[n+]([O-])c2c1. The fourth-order valence-corrected chi connectivity index (χ4v) is 2.07. The fourth-order valence-electron chi connectivity index (χ4n) is 1.90. The number of benzene rings is 2. The van der Waals surface area contributed by atoms with E-state index < -0.39 is 0 Å². The first-order chi connectivity index (χ1) is 8.15. The van der Waals surface area contributed by atoms with Crippen LogP contribution in [0.1, 0.15) is 5.56 Å². The molecule has 0 atom stereocenters. The molecule has 4 heteroatoms. The number of halogens is 1. The molecule has 0 aliphatic rings. The van der Waals surface area contributed by atoms with E-state index in [1.165, 1.54) is 0 Å². The Morgan fingerprint density at radius 2 is 1.71 bits per heavy atom. The highest BCUT2D eigenvalue weighted by Gasteiger charge is 2.12. The Labute approximate surface area is 103 Å². The van der Waals surface area contributed by atoms with Crippen molar-refractivity contribution in [2.45, 2.75) is 6.92 Å². The number of fused-ring (bicyclic) bond motifs is 2. The van der Waals surface area contributed by atoms with Gasteiger partial charge in [0.15, 0.2) is 0 Å². The summed E-state index contributed by atoms with van der Waals surface area (Å²) in [5.41, 5.74) is 3.45. The number of nitrogens with zero attached hydrogens (tertiary/aromatic N) is 2. The summed E-state index contributed by atoms with van der Waals surface area (Å²) < 4.78 is 0.885. The van der Waals surface area contributed by atoms with Crippen molar-refractivity contribution < 1.29 is 4.73 Å². The first-order valence-corrected chi connectivity index (χ1v) is 5.62. The zero-order valence-electron chi connectivity index (χ0n) is 9.14. The molecule has 1 aromatic heterocycles. The van der Waals surface area contributed by atoms with Gasteiger partial charge in [0.25, 0.3) is 0 Å². The lowest BCUT2D eigenvalue weighted by atomic mass is 10.2. The quantitative estimate of drug-likeness (QED) is 0.346. The van der Waals surface area contributed by atoms with Gasteiger partial charge in [-0.2, -0.15) is 4.73 Å². The summed E-state index contributed by atoms with van der Waals surface area (Å²) in [4.78, 5) is 4.44. The van der Waals surface area contributed by atoms with Crippen molar-refractivity contribution in [3.63, 3.8) is 0 Å².